The molecule has 7 heteroatoms. The van der Waals surface area contributed by atoms with E-state index in [-0.39, 0.29) is 0 Å². The Morgan fingerprint density at radius 3 is 2.50 bits per heavy atom. The lowest BCUT2D eigenvalue weighted by atomic mass is 10.2. The highest BCUT2D eigenvalue weighted by Gasteiger charge is 2.25. The van der Waals surface area contributed by atoms with E-state index < -0.39 is 0 Å². The van der Waals surface area contributed by atoms with Crippen molar-refractivity contribution in [2.24, 2.45) is 7.05 Å². The van der Waals surface area contributed by atoms with Crippen molar-refractivity contribution in [3.63, 3.8) is 0 Å². The minimum atomic E-state index is 0.726. The Morgan fingerprint density at radius 2 is 1.95 bits per heavy atom. The molecule has 0 bridgehead atoms. The van der Waals surface area contributed by atoms with Crippen LogP contribution in [0.4, 0.5) is 10.9 Å². The summed E-state index contributed by atoms with van der Waals surface area (Å²) in [4.78, 5) is 10.3. The molecule has 0 saturated carbocycles. The first-order valence-electron chi connectivity index (χ1n) is 7.52. The predicted molar refractivity (Wildman–Crippen MR) is 88.6 cm³/mol. The first-order valence-corrected chi connectivity index (χ1v) is 8.34. The highest BCUT2D eigenvalue weighted by atomic mass is 32.1. The summed E-state index contributed by atoms with van der Waals surface area (Å²) in [6, 6.07) is 2.33. The third-order valence-corrected chi connectivity index (χ3v) is 4.97. The van der Waals surface area contributed by atoms with Crippen molar-refractivity contribution in [2.45, 2.75) is 20.3 Å². The molecule has 1 fully saturated rings. The Kier molecular flexibility index (Phi) is 4.03. The third-order valence-electron chi connectivity index (χ3n) is 3.99. The molecular weight excluding hydrogens is 296 g/mol. The van der Waals surface area contributed by atoms with Gasteiger partial charge in [0.2, 0.25) is 0 Å². The molecule has 6 nitrogen and oxygen atoms in total. The summed E-state index contributed by atoms with van der Waals surface area (Å²) in [5, 5.41) is 15.0. The van der Waals surface area contributed by atoms with Crippen LogP contribution in [0.15, 0.2) is 6.20 Å². The monoisotopic (exact) mass is 316 g/mol. The lowest BCUT2D eigenvalue weighted by Crippen LogP contribution is -2.47. The summed E-state index contributed by atoms with van der Waals surface area (Å²) in [7, 11) is 1.92. The van der Waals surface area contributed by atoms with E-state index in [0.29, 0.717) is 0 Å². The van der Waals surface area contributed by atoms with Crippen LogP contribution in [-0.4, -0.2) is 40.9 Å². The van der Waals surface area contributed by atoms with Crippen LogP contribution in [0.2, 0.25) is 0 Å². The molecule has 0 N–H and O–H groups in total. The summed E-state index contributed by atoms with van der Waals surface area (Å²) < 4.78 is 1.85. The Labute approximate surface area is 134 Å². The number of piperazine rings is 1. The lowest BCUT2D eigenvalue weighted by Gasteiger charge is -2.35. The zero-order chi connectivity index (χ0) is 15.7. The van der Waals surface area contributed by atoms with Gasteiger partial charge in [0.25, 0.3) is 0 Å². The smallest absolute Gasteiger partial charge is 0.185 e. The molecule has 0 amide bonds. The maximum absolute atomic E-state index is 9.46. The number of aromatic nitrogens is 3. The van der Waals surface area contributed by atoms with Crippen LogP contribution in [0.5, 0.6) is 0 Å². The fourth-order valence-corrected chi connectivity index (χ4v) is 3.70. The predicted octanol–water partition coefficient (Wildman–Crippen LogP) is 1.95. The van der Waals surface area contributed by atoms with Crippen LogP contribution in [0.25, 0.3) is 0 Å². The molecular formula is C15H20N6S. The van der Waals surface area contributed by atoms with Crippen molar-refractivity contribution in [1.29, 1.82) is 5.26 Å². The number of nitrogens with zero attached hydrogens (tertiary/aromatic N) is 6. The average molecular weight is 316 g/mol. The number of nitriles is 1. The molecule has 22 heavy (non-hydrogen) atoms. The second-order valence-corrected chi connectivity index (χ2v) is 6.68. The van der Waals surface area contributed by atoms with Crippen LogP contribution in [0, 0.1) is 18.3 Å². The van der Waals surface area contributed by atoms with Gasteiger partial charge in [0.1, 0.15) is 17.5 Å². The van der Waals surface area contributed by atoms with Gasteiger partial charge < -0.3 is 9.80 Å². The van der Waals surface area contributed by atoms with Gasteiger partial charge in [-0.25, -0.2) is 4.98 Å². The molecule has 0 atom stereocenters. The molecule has 0 radical (unpaired) electrons. The van der Waals surface area contributed by atoms with E-state index in [0.717, 1.165) is 54.8 Å². The quantitative estimate of drug-likeness (QED) is 0.866. The molecule has 1 aliphatic rings. The summed E-state index contributed by atoms with van der Waals surface area (Å²) in [5.41, 5.74) is 1.61. The Balaban J connectivity index is 1.77. The molecule has 0 aliphatic carbocycles. The summed E-state index contributed by atoms with van der Waals surface area (Å²) in [5.74, 6) is 0.953. The molecule has 0 unspecified atom stereocenters. The molecule has 3 rings (SSSR count). The maximum Gasteiger partial charge on any atom is 0.185 e. The Hall–Kier alpha value is -2.07. The van der Waals surface area contributed by atoms with E-state index in [9.17, 15) is 5.26 Å². The minimum Gasteiger partial charge on any atom is -0.352 e. The number of hydrogen-bond donors (Lipinski definition) is 0. The third kappa shape index (κ3) is 2.55. The zero-order valence-electron chi connectivity index (χ0n) is 13.2. The molecule has 0 aromatic carbocycles. The molecule has 2 aromatic heterocycles. The van der Waals surface area contributed by atoms with Gasteiger partial charge in [-0.2, -0.15) is 10.4 Å². The topological polar surface area (TPSA) is 61.0 Å². The minimum absolute atomic E-state index is 0.726. The molecule has 1 saturated heterocycles. The van der Waals surface area contributed by atoms with E-state index in [4.69, 9.17) is 0 Å². The SMILES string of the molecule is CCc1nn(C)c(N2CCN(c3ncc(C)s3)CC2)c1C#N. The van der Waals surface area contributed by atoms with Gasteiger partial charge in [-0.05, 0) is 13.3 Å². The molecule has 0 spiro atoms. The lowest BCUT2D eigenvalue weighted by molar-refractivity contribution is 0.622. The molecule has 3 heterocycles. The van der Waals surface area contributed by atoms with E-state index >= 15 is 0 Å². The van der Waals surface area contributed by atoms with Crippen molar-refractivity contribution in [3.05, 3.63) is 22.3 Å². The number of hydrogen-bond acceptors (Lipinski definition) is 6. The van der Waals surface area contributed by atoms with Crippen molar-refractivity contribution >= 4 is 22.3 Å². The first-order chi connectivity index (χ1) is 10.6. The number of rotatable bonds is 3. The Morgan fingerprint density at radius 1 is 1.27 bits per heavy atom. The largest absolute Gasteiger partial charge is 0.352 e. The standard InChI is InChI=1S/C15H20N6S/c1-4-13-12(9-16)14(19(3)18-13)20-5-7-21(8-6-20)15-17-10-11(2)22-15/h10H,4-8H2,1-3H3. The van der Waals surface area contributed by atoms with E-state index in [2.05, 4.69) is 32.9 Å². The van der Waals surface area contributed by atoms with Crippen molar-refractivity contribution in [2.75, 3.05) is 36.0 Å². The van der Waals surface area contributed by atoms with E-state index in [1.54, 1.807) is 11.3 Å². The van der Waals surface area contributed by atoms with Crippen LogP contribution in [-0.2, 0) is 13.5 Å². The highest BCUT2D eigenvalue weighted by molar-refractivity contribution is 7.15. The first kappa shape index (κ1) is 14.9. The number of anilines is 2. The van der Waals surface area contributed by atoms with Gasteiger partial charge in [-0.3, -0.25) is 4.68 Å². The average Bonchev–Trinajstić information content (AvgIpc) is 3.10. The van der Waals surface area contributed by atoms with Crippen LogP contribution < -0.4 is 9.80 Å². The molecule has 2 aromatic rings. The van der Waals surface area contributed by atoms with Crippen molar-refractivity contribution in [1.82, 2.24) is 14.8 Å². The van der Waals surface area contributed by atoms with Gasteiger partial charge in [0, 0.05) is 44.3 Å². The highest BCUT2D eigenvalue weighted by Crippen LogP contribution is 2.27. The molecule has 1 aliphatic heterocycles. The fourth-order valence-electron chi connectivity index (χ4n) is 2.89. The van der Waals surface area contributed by atoms with Crippen molar-refractivity contribution < 1.29 is 0 Å². The second kappa shape index (κ2) is 5.97. The number of thiazole rings is 1. The Bertz CT molecular complexity index is 702. The van der Waals surface area contributed by atoms with Gasteiger partial charge in [0.15, 0.2) is 5.13 Å². The van der Waals surface area contributed by atoms with Gasteiger partial charge in [-0.15, -0.1) is 11.3 Å². The second-order valence-electron chi connectivity index (χ2n) is 5.46. The summed E-state index contributed by atoms with van der Waals surface area (Å²) in [6.07, 6.45) is 2.71. The van der Waals surface area contributed by atoms with E-state index in [1.807, 2.05) is 24.9 Å². The van der Waals surface area contributed by atoms with Gasteiger partial charge in [0.05, 0.1) is 5.69 Å². The van der Waals surface area contributed by atoms with Crippen LogP contribution >= 0.6 is 11.3 Å². The van der Waals surface area contributed by atoms with Crippen LogP contribution in [0.1, 0.15) is 23.1 Å². The number of aryl methyl sites for hydroxylation is 3. The van der Waals surface area contributed by atoms with Crippen molar-refractivity contribution in [3.8, 4) is 6.07 Å². The van der Waals surface area contributed by atoms with Gasteiger partial charge in [-0.1, -0.05) is 6.92 Å². The van der Waals surface area contributed by atoms with E-state index in [1.165, 1.54) is 4.88 Å². The normalized spacial score (nSPS) is 15.2. The summed E-state index contributed by atoms with van der Waals surface area (Å²) >= 11 is 1.74. The zero-order valence-corrected chi connectivity index (χ0v) is 14.0. The molecule has 116 valence electrons. The van der Waals surface area contributed by atoms with Gasteiger partial charge >= 0.3 is 0 Å². The van der Waals surface area contributed by atoms with Crippen LogP contribution in [0.3, 0.4) is 0 Å². The maximum atomic E-state index is 9.46. The fraction of sp³-hybridized carbons (Fsp3) is 0.533. The summed E-state index contributed by atoms with van der Waals surface area (Å²) in [6.45, 7) is 7.73.